The molecule has 0 bridgehead atoms. The quantitative estimate of drug-likeness (QED) is 0.804. The molecule has 1 saturated carbocycles. The maximum atomic E-state index is 12.1. The highest BCUT2D eigenvalue weighted by atomic mass is 35.5. The van der Waals surface area contributed by atoms with Gasteiger partial charge in [0.25, 0.3) is 5.56 Å². The van der Waals surface area contributed by atoms with E-state index in [1.165, 1.54) is 6.07 Å². The van der Waals surface area contributed by atoms with Crippen molar-refractivity contribution in [1.82, 2.24) is 19.3 Å². The van der Waals surface area contributed by atoms with Crippen LogP contribution in [0.25, 0.3) is 0 Å². The van der Waals surface area contributed by atoms with Gasteiger partial charge in [-0.1, -0.05) is 11.6 Å². The molecule has 2 aromatic heterocycles. The van der Waals surface area contributed by atoms with Crippen LogP contribution in [-0.2, 0) is 13.1 Å². The molecule has 0 radical (unpaired) electrons. The van der Waals surface area contributed by atoms with Crippen molar-refractivity contribution >= 4 is 11.6 Å². The summed E-state index contributed by atoms with van der Waals surface area (Å²) in [6.45, 7) is 3.36. The lowest BCUT2D eigenvalue weighted by molar-refractivity contribution is 0.652. The maximum absolute atomic E-state index is 12.1. The van der Waals surface area contributed by atoms with Gasteiger partial charge in [-0.25, -0.2) is 4.98 Å². The maximum Gasteiger partial charge on any atom is 0.255 e. The van der Waals surface area contributed by atoms with Gasteiger partial charge < -0.3 is 0 Å². The Morgan fingerprint density at radius 1 is 1.47 bits per heavy atom. The molecule has 0 aromatic carbocycles. The summed E-state index contributed by atoms with van der Waals surface area (Å²) in [6, 6.07) is 1.37. The average molecular weight is 279 g/mol. The van der Waals surface area contributed by atoms with Crippen molar-refractivity contribution in [3.8, 4) is 0 Å². The van der Waals surface area contributed by atoms with Gasteiger partial charge in [-0.2, -0.15) is 5.10 Å². The summed E-state index contributed by atoms with van der Waals surface area (Å²) in [5, 5.41) is 4.51. The monoisotopic (exact) mass is 278 g/mol. The van der Waals surface area contributed by atoms with Gasteiger partial charge in [-0.3, -0.25) is 14.0 Å². The van der Waals surface area contributed by atoms with Crippen LogP contribution < -0.4 is 5.56 Å². The molecule has 0 amide bonds. The highest BCUT2D eigenvalue weighted by molar-refractivity contribution is 6.29. The van der Waals surface area contributed by atoms with Crippen LogP contribution in [0.2, 0.25) is 5.15 Å². The van der Waals surface area contributed by atoms with Crippen molar-refractivity contribution in [3.63, 3.8) is 0 Å². The summed E-state index contributed by atoms with van der Waals surface area (Å²) in [5.74, 6) is 1.19. The molecule has 19 heavy (non-hydrogen) atoms. The summed E-state index contributed by atoms with van der Waals surface area (Å²) >= 11 is 5.88. The van der Waals surface area contributed by atoms with Gasteiger partial charge >= 0.3 is 0 Å². The molecule has 5 nitrogen and oxygen atoms in total. The van der Waals surface area contributed by atoms with Crippen LogP contribution in [0.4, 0.5) is 0 Å². The Balaban J connectivity index is 1.97. The molecule has 1 aliphatic rings. The Bertz CT molecular complexity index is 657. The Labute approximate surface area is 115 Å². The summed E-state index contributed by atoms with van der Waals surface area (Å²) in [4.78, 5) is 16.4. The Hall–Kier alpha value is -1.62. The SMILES string of the molecule is CCn1cc(Cn2c(C3CC3)nc(Cl)cc2=O)cn1. The first-order valence-corrected chi connectivity index (χ1v) is 6.83. The lowest BCUT2D eigenvalue weighted by Crippen LogP contribution is -2.24. The Morgan fingerprint density at radius 2 is 2.26 bits per heavy atom. The van der Waals surface area contributed by atoms with Crippen molar-refractivity contribution < 1.29 is 0 Å². The van der Waals surface area contributed by atoms with E-state index < -0.39 is 0 Å². The van der Waals surface area contributed by atoms with Crippen LogP contribution >= 0.6 is 11.6 Å². The Morgan fingerprint density at radius 3 is 2.89 bits per heavy atom. The van der Waals surface area contributed by atoms with Gasteiger partial charge in [0.05, 0.1) is 12.7 Å². The molecule has 2 heterocycles. The second kappa shape index (κ2) is 4.81. The van der Waals surface area contributed by atoms with E-state index >= 15 is 0 Å². The fraction of sp³-hybridized carbons (Fsp3) is 0.462. The van der Waals surface area contributed by atoms with Crippen LogP contribution in [-0.4, -0.2) is 19.3 Å². The van der Waals surface area contributed by atoms with Crippen LogP contribution in [0.3, 0.4) is 0 Å². The van der Waals surface area contributed by atoms with Crippen molar-refractivity contribution in [1.29, 1.82) is 0 Å². The largest absolute Gasteiger partial charge is 0.292 e. The van der Waals surface area contributed by atoms with Gasteiger partial charge in [-0.05, 0) is 19.8 Å². The smallest absolute Gasteiger partial charge is 0.255 e. The number of halogens is 1. The molecule has 1 fully saturated rings. The lowest BCUT2D eigenvalue weighted by atomic mass is 10.3. The first-order chi connectivity index (χ1) is 9.17. The molecule has 0 saturated heterocycles. The normalized spacial score (nSPS) is 14.8. The molecule has 0 aliphatic heterocycles. The zero-order valence-electron chi connectivity index (χ0n) is 10.7. The minimum atomic E-state index is -0.0915. The molecule has 1 aliphatic carbocycles. The van der Waals surface area contributed by atoms with E-state index in [9.17, 15) is 4.79 Å². The third-order valence-electron chi connectivity index (χ3n) is 3.30. The lowest BCUT2D eigenvalue weighted by Gasteiger charge is -2.10. The number of nitrogens with zero attached hydrogens (tertiary/aromatic N) is 4. The number of hydrogen-bond donors (Lipinski definition) is 0. The van der Waals surface area contributed by atoms with Crippen LogP contribution in [0.5, 0.6) is 0 Å². The number of aryl methyl sites for hydroxylation is 1. The number of hydrogen-bond acceptors (Lipinski definition) is 3. The molecule has 6 heteroatoms. The van der Waals surface area contributed by atoms with E-state index in [2.05, 4.69) is 10.1 Å². The van der Waals surface area contributed by atoms with Crippen LogP contribution in [0.1, 0.15) is 37.1 Å². The summed E-state index contributed by atoms with van der Waals surface area (Å²) in [6.07, 6.45) is 5.92. The molecule has 0 spiro atoms. The summed E-state index contributed by atoms with van der Waals surface area (Å²) in [7, 11) is 0. The van der Waals surface area contributed by atoms with Crippen molar-refractivity contribution in [3.05, 3.63) is 45.4 Å². The molecular weight excluding hydrogens is 264 g/mol. The van der Waals surface area contributed by atoms with Crippen LogP contribution in [0.15, 0.2) is 23.3 Å². The molecular formula is C13H15ClN4O. The third kappa shape index (κ3) is 2.56. The Kier molecular flexibility index (Phi) is 3.14. The topological polar surface area (TPSA) is 52.7 Å². The van der Waals surface area contributed by atoms with E-state index in [1.54, 1.807) is 10.8 Å². The minimum Gasteiger partial charge on any atom is -0.292 e. The number of rotatable bonds is 4. The van der Waals surface area contributed by atoms with E-state index in [0.717, 1.165) is 30.8 Å². The highest BCUT2D eigenvalue weighted by Crippen LogP contribution is 2.38. The van der Waals surface area contributed by atoms with Crippen molar-refractivity contribution in [2.45, 2.75) is 38.8 Å². The van der Waals surface area contributed by atoms with Crippen molar-refractivity contribution in [2.75, 3.05) is 0 Å². The summed E-state index contributed by atoms with van der Waals surface area (Å²) < 4.78 is 3.56. The fourth-order valence-electron chi connectivity index (χ4n) is 2.15. The predicted molar refractivity (Wildman–Crippen MR) is 72.5 cm³/mol. The second-order valence-electron chi connectivity index (χ2n) is 4.84. The molecule has 0 unspecified atom stereocenters. The van der Waals surface area contributed by atoms with E-state index in [0.29, 0.717) is 12.5 Å². The van der Waals surface area contributed by atoms with E-state index in [4.69, 9.17) is 11.6 Å². The van der Waals surface area contributed by atoms with Gasteiger partial charge in [0, 0.05) is 30.3 Å². The minimum absolute atomic E-state index is 0.0915. The standard InChI is InChI=1S/C13H15ClN4O/c1-2-17-7-9(6-15-17)8-18-12(19)5-11(14)16-13(18)10-3-4-10/h5-7,10H,2-4,8H2,1H3. The third-order valence-corrected chi connectivity index (χ3v) is 3.49. The van der Waals surface area contributed by atoms with Gasteiger partial charge in [0.15, 0.2) is 0 Å². The predicted octanol–water partition coefficient (Wildman–Crippen LogP) is 2.04. The first kappa shape index (κ1) is 12.4. The molecule has 2 aromatic rings. The average Bonchev–Trinajstić information content (AvgIpc) is 3.12. The fourth-order valence-corrected chi connectivity index (χ4v) is 2.33. The molecule has 3 rings (SSSR count). The second-order valence-corrected chi connectivity index (χ2v) is 5.23. The van der Waals surface area contributed by atoms with Crippen molar-refractivity contribution in [2.24, 2.45) is 0 Å². The van der Waals surface area contributed by atoms with Crippen LogP contribution in [0, 0.1) is 0 Å². The first-order valence-electron chi connectivity index (χ1n) is 6.46. The van der Waals surface area contributed by atoms with Gasteiger partial charge in [-0.15, -0.1) is 0 Å². The van der Waals surface area contributed by atoms with Gasteiger partial charge in [0.2, 0.25) is 0 Å². The number of aromatic nitrogens is 4. The zero-order chi connectivity index (χ0) is 13.4. The highest BCUT2D eigenvalue weighted by Gasteiger charge is 2.29. The zero-order valence-corrected chi connectivity index (χ0v) is 11.5. The molecule has 100 valence electrons. The van der Waals surface area contributed by atoms with E-state index in [1.807, 2.05) is 17.8 Å². The van der Waals surface area contributed by atoms with E-state index in [-0.39, 0.29) is 10.7 Å². The molecule has 0 atom stereocenters. The molecule has 0 N–H and O–H groups in total. The van der Waals surface area contributed by atoms with Gasteiger partial charge in [0.1, 0.15) is 11.0 Å². The summed E-state index contributed by atoms with van der Waals surface area (Å²) in [5.41, 5.74) is 0.918.